The van der Waals surface area contributed by atoms with Gasteiger partial charge in [-0.1, -0.05) is 25.0 Å². The van der Waals surface area contributed by atoms with Gasteiger partial charge >= 0.3 is 0 Å². The first-order valence-corrected chi connectivity index (χ1v) is 7.63. The molecule has 0 bridgehead atoms. The third-order valence-electron chi connectivity index (χ3n) is 3.90. The summed E-state index contributed by atoms with van der Waals surface area (Å²) in [4.78, 5) is 0. The maximum atomic E-state index is 5.84. The van der Waals surface area contributed by atoms with Crippen molar-refractivity contribution >= 4 is 0 Å². The minimum Gasteiger partial charge on any atom is -0.486 e. The fraction of sp³-hybridized carbons (Fsp3) is 0.625. The number of rotatable bonds is 6. The zero-order valence-electron chi connectivity index (χ0n) is 11.9. The summed E-state index contributed by atoms with van der Waals surface area (Å²) < 4.78 is 17.1. The highest BCUT2D eigenvalue weighted by Gasteiger charge is 2.16. The molecule has 1 aromatic rings. The van der Waals surface area contributed by atoms with E-state index in [4.69, 9.17) is 14.2 Å². The molecule has 1 saturated carbocycles. The quantitative estimate of drug-likeness (QED) is 0.811. The van der Waals surface area contributed by atoms with Crippen molar-refractivity contribution in [2.24, 2.45) is 0 Å². The van der Waals surface area contributed by atoms with Crippen molar-refractivity contribution in [2.45, 2.75) is 38.3 Å². The van der Waals surface area contributed by atoms with Gasteiger partial charge in [-0.3, -0.25) is 0 Å². The molecule has 1 aliphatic carbocycles. The van der Waals surface area contributed by atoms with E-state index in [0.29, 0.717) is 19.3 Å². The summed E-state index contributed by atoms with van der Waals surface area (Å²) in [6.07, 6.45) is 5.62. The van der Waals surface area contributed by atoms with Gasteiger partial charge in [0.05, 0.1) is 12.7 Å². The van der Waals surface area contributed by atoms with Crippen LogP contribution < -0.4 is 14.8 Å². The zero-order chi connectivity index (χ0) is 13.6. The summed E-state index contributed by atoms with van der Waals surface area (Å²) in [6.45, 7) is 3.73. The number of hydrogen-bond acceptors (Lipinski definition) is 4. The smallest absolute Gasteiger partial charge is 0.165 e. The molecule has 0 saturated heterocycles. The van der Waals surface area contributed by atoms with Crippen LogP contribution >= 0.6 is 0 Å². The molecule has 4 nitrogen and oxygen atoms in total. The first kappa shape index (κ1) is 13.7. The van der Waals surface area contributed by atoms with Gasteiger partial charge in [0.2, 0.25) is 0 Å². The Morgan fingerprint density at radius 2 is 2.00 bits per heavy atom. The lowest BCUT2D eigenvalue weighted by Crippen LogP contribution is -2.23. The lowest BCUT2D eigenvalue weighted by atomic mass is 10.1. The van der Waals surface area contributed by atoms with Gasteiger partial charge in [0.25, 0.3) is 0 Å². The first-order valence-electron chi connectivity index (χ1n) is 7.63. The van der Waals surface area contributed by atoms with Crippen LogP contribution in [0.25, 0.3) is 0 Å². The molecular formula is C16H23NO3. The predicted octanol–water partition coefficient (Wildman–Crippen LogP) is 2.51. The Kier molecular flexibility index (Phi) is 4.77. The van der Waals surface area contributed by atoms with Crippen LogP contribution in [0.2, 0.25) is 0 Å². The number of ether oxygens (including phenoxy) is 3. The van der Waals surface area contributed by atoms with E-state index in [-0.39, 0.29) is 0 Å². The van der Waals surface area contributed by atoms with E-state index in [2.05, 4.69) is 11.4 Å². The molecule has 1 aliphatic heterocycles. The van der Waals surface area contributed by atoms with E-state index < -0.39 is 0 Å². The molecule has 110 valence electrons. The largest absolute Gasteiger partial charge is 0.486 e. The maximum Gasteiger partial charge on any atom is 0.165 e. The SMILES string of the molecule is c1cc(CNCCOC2CCCC2)c2c(c1)OCCO2. The second kappa shape index (κ2) is 6.95. The highest BCUT2D eigenvalue weighted by molar-refractivity contribution is 5.47. The van der Waals surface area contributed by atoms with Crippen LogP contribution in [-0.4, -0.2) is 32.5 Å². The molecule has 0 amide bonds. The molecule has 20 heavy (non-hydrogen) atoms. The Bertz CT molecular complexity index is 430. The molecule has 0 atom stereocenters. The van der Waals surface area contributed by atoms with E-state index in [0.717, 1.165) is 36.8 Å². The average molecular weight is 277 g/mol. The van der Waals surface area contributed by atoms with Gasteiger partial charge in [-0.05, 0) is 18.9 Å². The Balaban J connectivity index is 1.42. The molecule has 0 spiro atoms. The average Bonchev–Trinajstić information content (AvgIpc) is 3.00. The van der Waals surface area contributed by atoms with Gasteiger partial charge in [0.15, 0.2) is 11.5 Å². The Hall–Kier alpha value is -1.26. The fourth-order valence-corrected chi connectivity index (χ4v) is 2.85. The van der Waals surface area contributed by atoms with Crippen LogP contribution in [0.15, 0.2) is 18.2 Å². The van der Waals surface area contributed by atoms with Crippen molar-refractivity contribution in [3.8, 4) is 11.5 Å². The normalized spacial score (nSPS) is 18.4. The highest BCUT2D eigenvalue weighted by atomic mass is 16.6. The van der Waals surface area contributed by atoms with Gasteiger partial charge in [-0.25, -0.2) is 0 Å². The molecule has 4 heteroatoms. The summed E-state index contributed by atoms with van der Waals surface area (Å²) in [5.41, 5.74) is 1.16. The lowest BCUT2D eigenvalue weighted by Gasteiger charge is -2.21. The fourth-order valence-electron chi connectivity index (χ4n) is 2.85. The Morgan fingerprint density at radius 1 is 1.15 bits per heavy atom. The summed E-state index contributed by atoms with van der Waals surface area (Å²) in [7, 11) is 0. The summed E-state index contributed by atoms with van der Waals surface area (Å²) in [5, 5.41) is 3.42. The third-order valence-corrected chi connectivity index (χ3v) is 3.90. The number of nitrogens with one attached hydrogen (secondary N) is 1. The van der Waals surface area contributed by atoms with Gasteiger partial charge in [0.1, 0.15) is 13.2 Å². The molecule has 3 rings (SSSR count). The van der Waals surface area contributed by atoms with Crippen LogP contribution in [0.1, 0.15) is 31.2 Å². The van der Waals surface area contributed by atoms with Crippen LogP contribution in [0, 0.1) is 0 Å². The second-order valence-electron chi connectivity index (χ2n) is 5.40. The molecule has 1 N–H and O–H groups in total. The molecular weight excluding hydrogens is 254 g/mol. The Morgan fingerprint density at radius 3 is 2.90 bits per heavy atom. The summed E-state index contributed by atoms with van der Waals surface area (Å²) in [6, 6.07) is 6.05. The second-order valence-corrected chi connectivity index (χ2v) is 5.40. The lowest BCUT2D eigenvalue weighted by molar-refractivity contribution is 0.0602. The molecule has 1 aromatic carbocycles. The van der Waals surface area contributed by atoms with Crippen LogP contribution in [0.4, 0.5) is 0 Å². The van der Waals surface area contributed by atoms with E-state index in [1.165, 1.54) is 25.7 Å². The molecule has 1 fully saturated rings. The Labute approximate surface area is 120 Å². The number of para-hydroxylation sites is 1. The van der Waals surface area contributed by atoms with E-state index in [1.807, 2.05) is 12.1 Å². The minimum atomic E-state index is 0.498. The van der Waals surface area contributed by atoms with Crippen molar-refractivity contribution in [1.29, 1.82) is 0 Å². The van der Waals surface area contributed by atoms with Gasteiger partial charge in [0, 0.05) is 18.7 Å². The number of fused-ring (bicyclic) bond motifs is 1. The molecule has 1 heterocycles. The van der Waals surface area contributed by atoms with Gasteiger partial charge in [-0.2, -0.15) is 0 Å². The van der Waals surface area contributed by atoms with Crippen molar-refractivity contribution in [2.75, 3.05) is 26.4 Å². The van der Waals surface area contributed by atoms with Crippen molar-refractivity contribution in [1.82, 2.24) is 5.32 Å². The third kappa shape index (κ3) is 3.44. The summed E-state index contributed by atoms with van der Waals surface area (Å²) >= 11 is 0. The maximum absolute atomic E-state index is 5.84. The monoisotopic (exact) mass is 277 g/mol. The summed E-state index contributed by atoms with van der Waals surface area (Å²) in [5.74, 6) is 1.75. The van der Waals surface area contributed by atoms with Crippen molar-refractivity contribution < 1.29 is 14.2 Å². The van der Waals surface area contributed by atoms with Crippen molar-refractivity contribution in [3.63, 3.8) is 0 Å². The zero-order valence-corrected chi connectivity index (χ0v) is 11.9. The highest BCUT2D eigenvalue weighted by Crippen LogP contribution is 2.33. The number of benzene rings is 1. The predicted molar refractivity (Wildman–Crippen MR) is 77.3 cm³/mol. The number of hydrogen-bond donors (Lipinski definition) is 1. The molecule has 2 aliphatic rings. The topological polar surface area (TPSA) is 39.7 Å². The molecule has 0 unspecified atom stereocenters. The van der Waals surface area contributed by atoms with Crippen molar-refractivity contribution in [3.05, 3.63) is 23.8 Å². The first-order chi connectivity index (χ1) is 9.93. The van der Waals surface area contributed by atoms with E-state index in [9.17, 15) is 0 Å². The van der Waals surface area contributed by atoms with Gasteiger partial charge in [-0.15, -0.1) is 0 Å². The molecule has 0 aromatic heterocycles. The molecule has 0 radical (unpaired) electrons. The van der Waals surface area contributed by atoms with E-state index in [1.54, 1.807) is 0 Å². The van der Waals surface area contributed by atoms with Crippen LogP contribution in [0.3, 0.4) is 0 Å². The van der Waals surface area contributed by atoms with Crippen LogP contribution in [-0.2, 0) is 11.3 Å². The standard InChI is InChI=1S/C16H23NO3/c1-2-6-14(5-1)18-9-8-17-12-13-4-3-7-15-16(13)20-11-10-19-15/h3-4,7,14,17H,1-2,5-6,8-12H2. The van der Waals surface area contributed by atoms with E-state index >= 15 is 0 Å². The van der Waals surface area contributed by atoms with Gasteiger partial charge < -0.3 is 19.5 Å². The van der Waals surface area contributed by atoms with Crippen LogP contribution in [0.5, 0.6) is 11.5 Å². The minimum absolute atomic E-state index is 0.498.